The molecule has 0 saturated carbocycles. The summed E-state index contributed by atoms with van der Waals surface area (Å²) < 4.78 is 5.43. The van der Waals surface area contributed by atoms with Crippen molar-refractivity contribution < 1.29 is 4.74 Å². The van der Waals surface area contributed by atoms with Gasteiger partial charge in [0.05, 0.1) is 11.2 Å². The van der Waals surface area contributed by atoms with E-state index in [2.05, 4.69) is 56.9 Å². The molecule has 4 aromatic rings. The molecule has 0 atom stereocenters. The molecule has 1 aliphatic rings. The number of nitrogens with one attached hydrogen (secondary N) is 3. The van der Waals surface area contributed by atoms with Gasteiger partial charge in [-0.25, -0.2) is 0 Å². The Bertz CT molecular complexity index is 1060. The number of benzene rings is 2. The normalized spacial score (nSPS) is 15.7. The number of hydrogen-bond acceptors (Lipinski definition) is 3. The highest BCUT2D eigenvalue weighted by atomic mass is 16.5. The first kappa shape index (κ1) is 16.5. The van der Waals surface area contributed by atoms with Crippen LogP contribution in [0, 0.1) is 5.92 Å². The number of rotatable bonds is 5. The summed E-state index contributed by atoms with van der Waals surface area (Å²) >= 11 is 0. The molecule has 0 amide bonds. The number of hydrogen-bond donors (Lipinski definition) is 3. The molecule has 27 heavy (non-hydrogen) atoms. The molecule has 0 unspecified atom stereocenters. The van der Waals surface area contributed by atoms with Crippen molar-refractivity contribution in [3.8, 4) is 11.4 Å². The third kappa shape index (κ3) is 3.36. The molecule has 0 aliphatic carbocycles. The van der Waals surface area contributed by atoms with E-state index in [1.807, 2.05) is 12.1 Å². The fraction of sp³-hybridized carbons (Fsp3) is 0.318. The second kappa shape index (κ2) is 7.18. The van der Waals surface area contributed by atoms with E-state index in [1.165, 1.54) is 23.8 Å². The van der Waals surface area contributed by atoms with Crippen LogP contribution in [0.5, 0.6) is 0 Å². The smallest absolute Gasteiger partial charge is 0.116 e. The number of para-hydroxylation sites is 1. The third-order valence-corrected chi connectivity index (χ3v) is 5.52. The number of aromatic amines is 2. The van der Waals surface area contributed by atoms with Gasteiger partial charge in [0.25, 0.3) is 0 Å². The van der Waals surface area contributed by atoms with Crippen molar-refractivity contribution in [3.05, 3.63) is 54.1 Å². The highest BCUT2D eigenvalue weighted by Crippen LogP contribution is 2.28. The molecule has 5 nitrogen and oxygen atoms in total. The summed E-state index contributed by atoms with van der Waals surface area (Å²) in [7, 11) is 0. The molecule has 5 rings (SSSR count). The highest BCUT2D eigenvalue weighted by Gasteiger charge is 2.13. The van der Waals surface area contributed by atoms with Crippen molar-refractivity contribution in [2.24, 2.45) is 5.92 Å². The SMILES string of the molecule is c1ccc2c(-c3cc4ccc(CNCC5CCOCC5)cc4[nH]3)n[nH]c2c1. The largest absolute Gasteiger partial charge is 0.381 e. The Balaban J connectivity index is 1.34. The van der Waals surface area contributed by atoms with Gasteiger partial charge in [0.15, 0.2) is 0 Å². The molecule has 5 heteroatoms. The van der Waals surface area contributed by atoms with E-state index in [9.17, 15) is 0 Å². The lowest BCUT2D eigenvalue weighted by atomic mass is 10.0. The molecular formula is C22H24N4O. The fourth-order valence-electron chi connectivity index (χ4n) is 3.95. The van der Waals surface area contributed by atoms with Crippen LogP contribution < -0.4 is 5.32 Å². The van der Waals surface area contributed by atoms with Crippen molar-refractivity contribution in [2.75, 3.05) is 19.8 Å². The molecule has 3 heterocycles. The second-order valence-electron chi connectivity index (χ2n) is 7.41. The lowest BCUT2D eigenvalue weighted by Gasteiger charge is -2.22. The zero-order valence-electron chi connectivity index (χ0n) is 15.3. The molecule has 1 fully saturated rings. The number of nitrogens with zero attached hydrogens (tertiary/aromatic N) is 1. The summed E-state index contributed by atoms with van der Waals surface area (Å²) in [5.74, 6) is 0.743. The summed E-state index contributed by atoms with van der Waals surface area (Å²) in [6.45, 7) is 3.78. The third-order valence-electron chi connectivity index (χ3n) is 5.52. The molecule has 138 valence electrons. The monoisotopic (exact) mass is 360 g/mol. The molecule has 2 aromatic heterocycles. The lowest BCUT2D eigenvalue weighted by molar-refractivity contribution is 0.0662. The van der Waals surface area contributed by atoms with Crippen LogP contribution in [-0.2, 0) is 11.3 Å². The first-order chi connectivity index (χ1) is 13.4. The fourth-order valence-corrected chi connectivity index (χ4v) is 3.95. The van der Waals surface area contributed by atoms with Gasteiger partial charge in [-0.3, -0.25) is 5.10 Å². The zero-order valence-corrected chi connectivity index (χ0v) is 15.3. The maximum atomic E-state index is 5.43. The van der Waals surface area contributed by atoms with Crippen LogP contribution in [-0.4, -0.2) is 34.9 Å². The van der Waals surface area contributed by atoms with E-state index >= 15 is 0 Å². The van der Waals surface area contributed by atoms with Gasteiger partial charge in [-0.05, 0) is 49.1 Å². The molecule has 1 aliphatic heterocycles. The Hall–Kier alpha value is -2.63. The van der Waals surface area contributed by atoms with Crippen LogP contribution in [0.25, 0.3) is 33.2 Å². The maximum Gasteiger partial charge on any atom is 0.116 e. The Kier molecular flexibility index (Phi) is 4.40. The van der Waals surface area contributed by atoms with E-state index in [0.29, 0.717) is 0 Å². The second-order valence-corrected chi connectivity index (χ2v) is 7.41. The maximum absolute atomic E-state index is 5.43. The number of ether oxygens (including phenoxy) is 1. The van der Waals surface area contributed by atoms with Gasteiger partial charge in [-0.2, -0.15) is 5.10 Å². The Morgan fingerprint density at radius 3 is 2.85 bits per heavy atom. The molecule has 3 N–H and O–H groups in total. The number of H-pyrrole nitrogens is 2. The number of aromatic nitrogens is 3. The summed E-state index contributed by atoms with van der Waals surface area (Å²) in [6.07, 6.45) is 2.34. The van der Waals surface area contributed by atoms with Crippen molar-refractivity contribution in [3.63, 3.8) is 0 Å². The van der Waals surface area contributed by atoms with Crippen LogP contribution >= 0.6 is 0 Å². The van der Waals surface area contributed by atoms with E-state index in [1.54, 1.807) is 0 Å². The molecule has 0 bridgehead atoms. The predicted molar refractivity (Wildman–Crippen MR) is 109 cm³/mol. The Morgan fingerprint density at radius 2 is 1.93 bits per heavy atom. The van der Waals surface area contributed by atoms with Crippen LogP contribution in [0.15, 0.2) is 48.5 Å². The average molecular weight is 360 g/mol. The molecule has 0 spiro atoms. The minimum atomic E-state index is 0.743. The molecule has 2 aromatic carbocycles. The summed E-state index contributed by atoms with van der Waals surface area (Å²) in [4.78, 5) is 3.54. The van der Waals surface area contributed by atoms with E-state index in [-0.39, 0.29) is 0 Å². The molecule has 0 radical (unpaired) electrons. The van der Waals surface area contributed by atoms with Crippen molar-refractivity contribution in [2.45, 2.75) is 19.4 Å². The van der Waals surface area contributed by atoms with Crippen molar-refractivity contribution in [1.29, 1.82) is 0 Å². The van der Waals surface area contributed by atoms with Crippen LogP contribution in [0.1, 0.15) is 18.4 Å². The van der Waals surface area contributed by atoms with Gasteiger partial charge in [0.2, 0.25) is 0 Å². The van der Waals surface area contributed by atoms with E-state index in [0.717, 1.165) is 60.0 Å². The Labute approximate surface area is 158 Å². The van der Waals surface area contributed by atoms with Gasteiger partial charge in [-0.1, -0.05) is 30.3 Å². The van der Waals surface area contributed by atoms with Crippen LogP contribution in [0.2, 0.25) is 0 Å². The van der Waals surface area contributed by atoms with Gasteiger partial charge in [-0.15, -0.1) is 0 Å². The number of fused-ring (bicyclic) bond motifs is 2. The van der Waals surface area contributed by atoms with E-state index in [4.69, 9.17) is 4.74 Å². The summed E-state index contributed by atoms with van der Waals surface area (Å²) in [5, 5.41) is 13.6. The summed E-state index contributed by atoms with van der Waals surface area (Å²) in [5.41, 5.74) is 5.54. The van der Waals surface area contributed by atoms with Gasteiger partial charge in [0.1, 0.15) is 5.69 Å². The average Bonchev–Trinajstić information content (AvgIpc) is 3.32. The van der Waals surface area contributed by atoms with Crippen LogP contribution in [0.3, 0.4) is 0 Å². The lowest BCUT2D eigenvalue weighted by Crippen LogP contribution is -2.27. The first-order valence-electron chi connectivity index (χ1n) is 9.70. The summed E-state index contributed by atoms with van der Waals surface area (Å²) in [6, 6.07) is 17.0. The standard InChI is InChI=1S/C22H24N4O/c1-2-4-19-18(3-1)22(26-25-19)21-12-17-6-5-16(11-20(17)24-21)14-23-13-15-7-9-27-10-8-15/h1-6,11-12,15,23-24H,7-10,13-14H2,(H,25,26). The highest BCUT2D eigenvalue weighted by molar-refractivity contribution is 5.95. The van der Waals surface area contributed by atoms with E-state index < -0.39 is 0 Å². The minimum Gasteiger partial charge on any atom is -0.381 e. The van der Waals surface area contributed by atoms with Gasteiger partial charge >= 0.3 is 0 Å². The van der Waals surface area contributed by atoms with Gasteiger partial charge in [0, 0.05) is 36.0 Å². The topological polar surface area (TPSA) is 65.7 Å². The van der Waals surface area contributed by atoms with Crippen LogP contribution in [0.4, 0.5) is 0 Å². The zero-order chi connectivity index (χ0) is 18.1. The molecule has 1 saturated heterocycles. The van der Waals surface area contributed by atoms with Crippen molar-refractivity contribution >= 4 is 21.8 Å². The minimum absolute atomic E-state index is 0.743. The van der Waals surface area contributed by atoms with Crippen molar-refractivity contribution in [1.82, 2.24) is 20.5 Å². The quantitative estimate of drug-likeness (QED) is 0.499. The molecular weight excluding hydrogens is 336 g/mol. The van der Waals surface area contributed by atoms with Gasteiger partial charge < -0.3 is 15.0 Å². The first-order valence-corrected chi connectivity index (χ1v) is 9.70. The predicted octanol–water partition coefficient (Wildman–Crippen LogP) is 4.23. The Morgan fingerprint density at radius 1 is 1.04 bits per heavy atom.